The number of anilines is 1. The van der Waals surface area contributed by atoms with Gasteiger partial charge in [-0.25, -0.2) is 0 Å². The van der Waals surface area contributed by atoms with Crippen LogP contribution in [-0.4, -0.2) is 48.4 Å². The van der Waals surface area contributed by atoms with Crippen molar-refractivity contribution in [1.82, 2.24) is 9.88 Å². The first-order valence-corrected chi connectivity index (χ1v) is 10.3. The molecule has 1 aromatic heterocycles. The molecule has 3 rings (SSSR count). The summed E-state index contributed by atoms with van der Waals surface area (Å²) >= 11 is 0. The number of rotatable bonds is 3. The van der Waals surface area contributed by atoms with E-state index in [0.29, 0.717) is 0 Å². The minimum absolute atomic E-state index is 0.0417. The van der Waals surface area contributed by atoms with E-state index in [9.17, 15) is 4.79 Å². The molecule has 27 heavy (non-hydrogen) atoms. The molecule has 1 aliphatic carbocycles. The molecule has 0 aromatic carbocycles. The van der Waals surface area contributed by atoms with Crippen molar-refractivity contribution in [2.24, 2.45) is 5.92 Å². The number of hydrogen-bond acceptors (Lipinski definition) is 5. The molecule has 5 nitrogen and oxygen atoms in total. The molecule has 5 heteroatoms. The molecule has 1 saturated heterocycles. The Bertz CT molecular complexity index is 541. The fourth-order valence-corrected chi connectivity index (χ4v) is 3.30. The van der Waals surface area contributed by atoms with Gasteiger partial charge in [-0.1, -0.05) is 46.0 Å². The fourth-order valence-electron chi connectivity index (χ4n) is 3.30. The first-order chi connectivity index (χ1) is 13.1. The van der Waals surface area contributed by atoms with Crippen LogP contribution in [0.2, 0.25) is 0 Å². The third kappa shape index (κ3) is 10.7. The fraction of sp³-hybridized carbons (Fsp3) is 0.682. The summed E-state index contributed by atoms with van der Waals surface area (Å²) in [5.74, 6) is 0.964. The highest BCUT2D eigenvalue weighted by molar-refractivity contribution is 5.77. The van der Waals surface area contributed by atoms with E-state index >= 15 is 0 Å². The van der Waals surface area contributed by atoms with Gasteiger partial charge in [0.15, 0.2) is 0 Å². The normalized spacial score (nSPS) is 17.6. The molecule has 0 N–H and O–H groups in total. The quantitative estimate of drug-likeness (QED) is 0.792. The van der Waals surface area contributed by atoms with Crippen LogP contribution in [0.25, 0.3) is 0 Å². The Kier molecular flexibility index (Phi) is 12.1. The van der Waals surface area contributed by atoms with Crippen LogP contribution in [0.15, 0.2) is 24.5 Å². The Balaban J connectivity index is 0.000000235. The molecular formula is C22H36N4O. The molecule has 0 bridgehead atoms. The van der Waals surface area contributed by atoms with Gasteiger partial charge in [-0.05, 0) is 31.5 Å². The number of pyridine rings is 1. The molecule has 2 fully saturated rings. The van der Waals surface area contributed by atoms with E-state index in [1.807, 2.05) is 12.4 Å². The molecule has 0 amide bonds. The lowest BCUT2D eigenvalue weighted by molar-refractivity contribution is -0.116. The molecule has 2 heterocycles. The zero-order valence-electron chi connectivity index (χ0n) is 17.4. The van der Waals surface area contributed by atoms with E-state index in [-0.39, 0.29) is 12.2 Å². The van der Waals surface area contributed by atoms with E-state index < -0.39 is 0 Å². The largest absolute Gasteiger partial charge is 0.369 e. The summed E-state index contributed by atoms with van der Waals surface area (Å²) in [6.45, 7) is 11.8. The molecule has 0 atom stereocenters. The summed E-state index contributed by atoms with van der Waals surface area (Å²) in [6, 6.07) is 5.89. The number of nitrogens with zero attached hydrogens (tertiary/aromatic N) is 4. The Labute approximate surface area is 165 Å². The smallest absolute Gasteiger partial charge is 0.143 e. The van der Waals surface area contributed by atoms with Crippen LogP contribution in [0.5, 0.6) is 0 Å². The lowest BCUT2D eigenvalue weighted by atomic mass is 9.91. The maximum absolute atomic E-state index is 9.82. The van der Waals surface area contributed by atoms with Crippen molar-refractivity contribution in [3.63, 3.8) is 0 Å². The van der Waals surface area contributed by atoms with Gasteiger partial charge in [0.2, 0.25) is 0 Å². The van der Waals surface area contributed by atoms with Crippen molar-refractivity contribution < 1.29 is 4.79 Å². The second-order valence-corrected chi connectivity index (χ2v) is 7.41. The number of nitriles is 1. The lowest BCUT2D eigenvalue weighted by Crippen LogP contribution is -2.46. The number of ketones is 1. The lowest BCUT2D eigenvalue weighted by Gasteiger charge is -2.35. The highest BCUT2D eigenvalue weighted by Gasteiger charge is 2.15. The van der Waals surface area contributed by atoms with Crippen LogP contribution < -0.4 is 4.90 Å². The van der Waals surface area contributed by atoms with E-state index in [4.69, 9.17) is 5.26 Å². The number of aromatic nitrogens is 1. The first kappa shape index (κ1) is 23.1. The average Bonchev–Trinajstić information content (AvgIpc) is 2.70. The Hall–Kier alpha value is -1.93. The van der Waals surface area contributed by atoms with Crippen LogP contribution >= 0.6 is 0 Å². The van der Waals surface area contributed by atoms with Crippen LogP contribution in [-0.2, 0) is 4.79 Å². The topological polar surface area (TPSA) is 60.2 Å². The predicted molar refractivity (Wildman–Crippen MR) is 112 cm³/mol. The van der Waals surface area contributed by atoms with Gasteiger partial charge in [0.1, 0.15) is 5.78 Å². The summed E-state index contributed by atoms with van der Waals surface area (Å²) in [6.07, 6.45) is 11.2. The summed E-state index contributed by atoms with van der Waals surface area (Å²) < 4.78 is 0. The number of Topliss-reactive ketones (excluding diaryl/α,β-unsaturated/α-hetero) is 1. The number of carbonyl (C=O) groups excluding carboxylic acids is 1. The van der Waals surface area contributed by atoms with Crippen LogP contribution in [0, 0.1) is 17.2 Å². The van der Waals surface area contributed by atoms with Crippen LogP contribution in [0.4, 0.5) is 5.69 Å². The van der Waals surface area contributed by atoms with E-state index in [2.05, 4.69) is 40.8 Å². The molecule has 0 radical (unpaired) electrons. The van der Waals surface area contributed by atoms with Gasteiger partial charge in [-0.3, -0.25) is 9.78 Å². The maximum Gasteiger partial charge on any atom is 0.143 e. The molecule has 1 saturated carbocycles. The van der Waals surface area contributed by atoms with Crippen LogP contribution in [0.1, 0.15) is 59.3 Å². The number of carbonyl (C=O) groups is 1. The number of likely N-dealkylation sites (N-methyl/N-ethyl adjacent to an activating group) is 1. The summed E-state index contributed by atoms with van der Waals surface area (Å²) in [4.78, 5) is 18.8. The van der Waals surface area contributed by atoms with Gasteiger partial charge in [0.25, 0.3) is 0 Å². The zero-order chi connectivity index (χ0) is 19.9. The second-order valence-electron chi connectivity index (χ2n) is 7.41. The van der Waals surface area contributed by atoms with E-state index in [0.717, 1.165) is 19.0 Å². The molecule has 2 aliphatic rings. The third-order valence-electron chi connectivity index (χ3n) is 5.07. The maximum atomic E-state index is 9.82. The minimum Gasteiger partial charge on any atom is -0.369 e. The van der Waals surface area contributed by atoms with Gasteiger partial charge in [-0.15, -0.1) is 0 Å². The van der Waals surface area contributed by atoms with Crippen molar-refractivity contribution >= 4 is 11.5 Å². The standard InChI is InChI=1S/C11H17N3.C7H14.C4H5NO/c1-2-13-7-9-14(10-8-13)11-3-5-12-6-4-11;1-7-5-3-2-4-6-7;1-4(6)2-3-5/h3-6H,2,7-10H2,1H3;7H,2-6H2,1H3;2H2,1H3. The number of piperazine rings is 1. The predicted octanol–water partition coefficient (Wildman–Crippen LogP) is 4.30. The second kappa shape index (κ2) is 14.2. The number of hydrogen-bond donors (Lipinski definition) is 0. The van der Waals surface area contributed by atoms with Crippen molar-refractivity contribution in [2.45, 2.75) is 59.3 Å². The first-order valence-electron chi connectivity index (χ1n) is 10.3. The Morgan fingerprint density at radius 2 is 1.74 bits per heavy atom. The molecule has 0 spiro atoms. The Morgan fingerprint density at radius 3 is 2.11 bits per heavy atom. The van der Waals surface area contributed by atoms with Gasteiger partial charge < -0.3 is 9.80 Å². The van der Waals surface area contributed by atoms with Crippen molar-refractivity contribution in [3.8, 4) is 6.07 Å². The van der Waals surface area contributed by atoms with Crippen molar-refractivity contribution in [2.75, 3.05) is 37.6 Å². The van der Waals surface area contributed by atoms with Gasteiger partial charge >= 0.3 is 0 Å². The van der Waals surface area contributed by atoms with E-state index in [1.165, 1.54) is 64.3 Å². The average molecular weight is 373 g/mol. The molecule has 0 unspecified atom stereocenters. The molecule has 150 valence electrons. The van der Waals surface area contributed by atoms with Crippen LogP contribution in [0.3, 0.4) is 0 Å². The van der Waals surface area contributed by atoms with E-state index in [1.54, 1.807) is 6.07 Å². The van der Waals surface area contributed by atoms with Gasteiger partial charge in [0.05, 0.1) is 12.5 Å². The zero-order valence-corrected chi connectivity index (χ0v) is 17.4. The van der Waals surface area contributed by atoms with Crippen molar-refractivity contribution in [1.29, 1.82) is 5.26 Å². The van der Waals surface area contributed by atoms with Gasteiger partial charge in [-0.2, -0.15) is 5.26 Å². The molecular weight excluding hydrogens is 336 g/mol. The highest BCUT2D eigenvalue weighted by Crippen LogP contribution is 2.22. The minimum atomic E-state index is -0.0718. The summed E-state index contributed by atoms with van der Waals surface area (Å²) in [7, 11) is 0. The third-order valence-corrected chi connectivity index (χ3v) is 5.07. The Morgan fingerprint density at radius 1 is 1.15 bits per heavy atom. The van der Waals surface area contributed by atoms with Gasteiger partial charge in [0, 0.05) is 44.3 Å². The molecule has 1 aromatic rings. The highest BCUT2D eigenvalue weighted by atomic mass is 16.1. The summed E-state index contributed by atoms with van der Waals surface area (Å²) in [5.41, 5.74) is 1.30. The monoisotopic (exact) mass is 372 g/mol. The summed E-state index contributed by atoms with van der Waals surface area (Å²) in [5, 5.41) is 7.77. The van der Waals surface area contributed by atoms with Crippen molar-refractivity contribution in [3.05, 3.63) is 24.5 Å². The SMILES string of the molecule is CC(=O)CC#N.CC1CCCCC1.CCN1CCN(c2ccncc2)CC1. The molecule has 1 aliphatic heterocycles.